The van der Waals surface area contributed by atoms with Gasteiger partial charge in [-0.3, -0.25) is 0 Å². The van der Waals surface area contributed by atoms with E-state index in [4.69, 9.17) is 4.74 Å². The van der Waals surface area contributed by atoms with E-state index in [1.807, 2.05) is 30.0 Å². The standard InChI is InChI=1S/C20H24N2OS2/c1-20(2)15-8-7-13(17(20)12-15)9-10-24-19-22-21-18(25-19)14-5-4-6-16(11-14)23-3/h4-7,11,15,17H,8-10,12H2,1-3H3. The minimum Gasteiger partial charge on any atom is -0.497 e. The Hall–Kier alpha value is -1.33. The highest BCUT2D eigenvalue weighted by Crippen LogP contribution is 2.59. The molecule has 0 spiro atoms. The van der Waals surface area contributed by atoms with E-state index in [0.717, 1.165) is 38.2 Å². The Labute approximate surface area is 157 Å². The van der Waals surface area contributed by atoms with E-state index < -0.39 is 0 Å². The fourth-order valence-corrected chi connectivity index (χ4v) is 6.06. The predicted molar refractivity (Wildman–Crippen MR) is 105 cm³/mol. The molecular formula is C20H24N2OS2. The van der Waals surface area contributed by atoms with Gasteiger partial charge in [0, 0.05) is 11.3 Å². The van der Waals surface area contributed by atoms with Crippen LogP contribution in [-0.4, -0.2) is 23.1 Å². The summed E-state index contributed by atoms with van der Waals surface area (Å²) in [6, 6.07) is 8.01. The number of hydrogen-bond donors (Lipinski definition) is 0. The SMILES string of the molecule is COc1cccc(-c2nnc(SCCC3=CCC4CC3C4(C)C)s2)c1. The number of allylic oxidation sites excluding steroid dienone is 2. The van der Waals surface area contributed by atoms with E-state index >= 15 is 0 Å². The van der Waals surface area contributed by atoms with E-state index in [1.165, 1.54) is 19.3 Å². The molecule has 1 saturated carbocycles. The maximum Gasteiger partial charge on any atom is 0.174 e. The normalized spacial score (nSPS) is 23.7. The maximum absolute atomic E-state index is 5.29. The van der Waals surface area contributed by atoms with Gasteiger partial charge in [-0.25, -0.2) is 0 Å². The van der Waals surface area contributed by atoms with E-state index in [2.05, 4.69) is 36.2 Å². The second-order valence-electron chi connectivity index (χ2n) is 7.52. The summed E-state index contributed by atoms with van der Waals surface area (Å²) in [7, 11) is 1.69. The van der Waals surface area contributed by atoms with Gasteiger partial charge in [0.2, 0.25) is 0 Å². The zero-order valence-electron chi connectivity index (χ0n) is 15.0. The molecule has 2 bridgehead atoms. The lowest BCUT2D eigenvalue weighted by Gasteiger charge is -2.56. The molecule has 1 heterocycles. The molecule has 25 heavy (non-hydrogen) atoms. The van der Waals surface area contributed by atoms with Crippen LogP contribution in [0.4, 0.5) is 0 Å². The van der Waals surface area contributed by atoms with Gasteiger partial charge in [0.25, 0.3) is 0 Å². The Bertz CT molecular complexity index is 796. The molecule has 2 atom stereocenters. The quantitative estimate of drug-likeness (QED) is 0.482. The Morgan fingerprint density at radius 2 is 2.20 bits per heavy atom. The summed E-state index contributed by atoms with van der Waals surface area (Å²) < 4.78 is 6.35. The summed E-state index contributed by atoms with van der Waals surface area (Å²) in [6.07, 6.45) is 6.37. The molecule has 0 aliphatic heterocycles. The highest BCUT2D eigenvalue weighted by Gasteiger charge is 2.50. The summed E-state index contributed by atoms with van der Waals surface area (Å²) in [6.45, 7) is 4.88. The van der Waals surface area contributed by atoms with Gasteiger partial charge in [-0.1, -0.05) is 60.7 Å². The second kappa shape index (κ2) is 6.76. The molecule has 0 N–H and O–H groups in total. The number of hydrogen-bond acceptors (Lipinski definition) is 5. The number of nitrogens with zero attached hydrogens (tertiary/aromatic N) is 2. The van der Waals surface area contributed by atoms with Crippen molar-refractivity contribution in [3.8, 4) is 16.3 Å². The summed E-state index contributed by atoms with van der Waals surface area (Å²) in [4.78, 5) is 0. The molecule has 0 amide bonds. The van der Waals surface area contributed by atoms with Crippen molar-refractivity contribution in [1.82, 2.24) is 10.2 Å². The van der Waals surface area contributed by atoms with Crippen LogP contribution >= 0.6 is 23.1 Å². The van der Waals surface area contributed by atoms with Crippen LogP contribution in [0.3, 0.4) is 0 Å². The largest absolute Gasteiger partial charge is 0.497 e. The topological polar surface area (TPSA) is 35.0 Å². The van der Waals surface area contributed by atoms with Crippen molar-refractivity contribution in [2.75, 3.05) is 12.9 Å². The van der Waals surface area contributed by atoms with Gasteiger partial charge in [-0.2, -0.15) is 0 Å². The van der Waals surface area contributed by atoms with Crippen LogP contribution in [0.5, 0.6) is 5.75 Å². The third-order valence-electron chi connectivity index (χ3n) is 5.92. The van der Waals surface area contributed by atoms with Gasteiger partial charge in [-0.15, -0.1) is 10.2 Å². The lowest BCUT2D eigenvalue weighted by molar-refractivity contribution is -0.00767. The molecule has 0 radical (unpaired) electrons. The van der Waals surface area contributed by atoms with Gasteiger partial charge in [0.1, 0.15) is 10.8 Å². The van der Waals surface area contributed by atoms with Crippen LogP contribution in [-0.2, 0) is 0 Å². The van der Waals surface area contributed by atoms with Crippen LogP contribution in [0.1, 0.15) is 33.1 Å². The zero-order chi connectivity index (χ0) is 17.4. The molecule has 3 nitrogen and oxygen atoms in total. The van der Waals surface area contributed by atoms with Crippen molar-refractivity contribution in [1.29, 1.82) is 0 Å². The molecule has 1 aromatic carbocycles. The second-order valence-corrected chi connectivity index (χ2v) is 9.84. The first-order chi connectivity index (χ1) is 12.1. The minimum atomic E-state index is 0.525. The average molecular weight is 373 g/mol. The first-order valence-corrected chi connectivity index (χ1v) is 10.7. The number of ether oxygens (including phenoxy) is 1. The van der Waals surface area contributed by atoms with Crippen LogP contribution in [0.25, 0.3) is 10.6 Å². The fraction of sp³-hybridized carbons (Fsp3) is 0.500. The average Bonchev–Trinajstić information content (AvgIpc) is 3.10. The Morgan fingerprint density at radius 3 is 2.96 bits per heavy atom. The monoisotopic (exact) mass is 372 g/mol. The van der Waals surface area contributed by atoms with Gasteiger partial charge in [-0.05, 0) is 48.6 Å². The lowest BCUT2D eigenvalue weighted by atomic mass is 9.48. The summed E-state index contributed by atoms with van der Waals surface area (Å²) in [5, 5.41) is 9.67. The van der Waals surface area contributed by atoms with Crippen molar-refractivity contribution in [2.24, 2.45) is 17.3 Å². The fourth-order valence-electron chi connectivity index (χ4n) is 4.15. The predicted octanol–water partition coefficient (Wildman–Crippen LogP) is 5.69. The molecular weight excluding hydrogens is 348 g/mol. The van der Waals surface area contributed by atoms with Crippen molar-refractivity contribution in [3.63, 3.8) is 0 Å². The van der Waals surface area contributed by atoms with Crippen molar-refractivity contribution in [3.05, 3.63) is 35.9 Å². The van der Waals surface area contributed by atoms with Gasteiger partial charge < -0.3 is 4.74 Å². The maximum atomic E-state index is 5.29. The molecule has 5 heteroatoms. The first-order valence-electron chi connectivity index (χ1n) is 8.87. The molecule has 3 aliphatic carbocycles. The summed E-state index contributed by atoms with van der Waals surface area (Å²) >= 11 is 3.50. The number of benzene rings is 1. The minimum absolute atomic E-state index is 0.525. The number of methoxy groups -OCH3 is 1. The van der Waals surface area contributed by atoms with Crippen molar-refractivity contribution in [2.45, 2.75) is 37.4 Å². The number of thioether (sulfide) groups is 1. The third-order valence-corrected chi connectivity index (χ3v) is 8.03. The van der Waals surface area contributed by atoms with Crippen LogP contribution in [0.15, 0.2) is 40.3 Å². The van der Waals surface area contributed by atoms with Crippen LogP contribution in [0.2, 0.25) is 0 Å². The highest BCUT2D eigenvalue weighted by atomic mass is 32.2. The van der Waals surface area contributed by atoms with Gasteiger partial charge >= 0.3 is 0 Å². The van der Waals surface area contributed by atoms with Gasteiger partial charge in [0.15, 0.2) is 4.34 Å². The zero-order valence-corrected chi connectivity index (χ0v) is 16.6. The molecule has 3 aliphatic rings. The van der Waals surface area contributed by atoms with E-state index in [0.29, 0.717) is 5.41 Å². The lowest BCUT2D eigenvalue weighted by Crippen LogP contribution is -2.48. The highest BCUT2D eigenvalue weighted by molar-refractivity contribution is 8.01. The first kappa shape index (κ1) is 17.1. The molecule has 132 valence electrons. The molecule has 0 saturated heterocycles. The van der Waals surface area contributed by atoms with Crippen LogP contribution < -0.4 is 4.74 Å². The molecule has 1 aromatic heterocycles. The molecule has 5 rings (SSSR count). The van der Waals surface area contributed by atoms with Crippen molar-refractivity contribution >= 4 is 23.1 Å². The smallest absolute Gasteiger partial charge is 0.174 e. The van der Waals surface area contributed by atoms with Crippen LogP contribution in [0, 0.1) is 17.3 Å². The molecule has 2 aromatic rings. The Balaban J connectivity index is 1.35. The number of fused-ring (bicyclic) bond motifs is 1. The summed E-state index contributed by atoms with van der Waals surface area (Å²) in [5.41, 5.74) is 3.27. The van der Waals surface area contributed by atoms with E-state index in [-0.39, 0.29) is 0 Å². The Morgan fingerprint density at radius 1 is 1.32 bits per heavy atom. The number of rotatable bonds is 6. The van der Waals surface area contributed by atoms with Gasteiger partial charge in [0.05, 0.1) is 7.11 Å². The number of aromatic nitrogens is 2. The Kier molecular flexibility index (Phi) is 4.63. The van der Waals surface area contributed by atoms with E-state index in [1.54, 1.807) is 24.0 Å². The third kappa shape index (κ3) is 3.24. The molecule has 2 unspecified atom stereocenters. The van der Waals surface area contributed by atoms with E-state index in [9.17, 15) is 0 Å². The van der Waals surface area contributed by atoms with Crippen molar-refractivity contribution < 1.29 is 4.74 Å². The molecule has 1 fully saturated rings. The summed E-state index contributed by atoms with van der Waals surface area (Å²) in [5.74, 6) is 3.68.